The fourth-order valence-electron chi connectivity index (χ4n) is 3.92. The van der Waals surface area contributed by atoms with Gasteiger partial charge in [-0.1, -0.05) is 37.5 Å². The van der Waals surface area contributed by atoms with Crippen molar-refractivity contribution in [3.8, 4) is 0 Å². The number of carbonyl (C=O) groups is 1. The van der Waals surface area contributed by atoms with Gasteiger partial charge in [-0.05, 0) is 44.7 Å². The minimum atomic E-state index is 0.0321. The highest BCUT2D eigenvalue weighted by Crippen LogP contribution is 2.29. The van der Waals surface area contributed by atoms with Crippen molar-refractivity contribution in [2.75, 3.05) is 18.0 Å². The molecule has 0 radical (unpaired) electrons. The number of benzene rings is 1. The van der Waals surface area contributed by atoms with E-state index in [0.717, 1.165) is 38.8 Å². The van der Waals surface area contributed by atoms with E-state index in [2.05, 4.69) is 41.4 Å². The first kappa shape index (κ1) is 15.4. The minimum Gasteiger partial charge on any atom is -0.371 e. The van der Waals surface area contributed by atoms with E-state index in [-0.39, 0.29) is 17.4 Å². The smallest absolute Gasteiger partial charge is 0.225 e. The standard InChI is InChI=1S/C19H28N2O/c1-19(12-6-3-7-13-19)20-18(22)16-9-8-14-21(15-16)17-10-4-2-5-11-17/h2,4-5,10-11,16H,3,6-9,12-15H2,1H3,(H,20,22). The largest absolute Gasteiger partial charge is 0.371 e. The molecule has 3 heteroatoms. The Balaban J connectivity index is 1.60. The first-order chi connectivity index (χ1) is 10.7. The molecule has 1 aliphatic carbocycles. The van der Waals surface area contributed by atoms with Gasteiger partial charge in [-0.2, -0.15) is 0 Å². The van der Waals surface area contributed by atoms with Crippen LogP contribution in [0.4, 0.5) is 5.69 Å². The van der Waals surface area contributed by atoms with Crippen LogP contribution in [0.1, 0.15) is 51.9 Å². The maximum atomic E-state index is 12.7. The van der Waals surface area contributed by atoms with Gasteiger partial charge in [0, 0.05) is 24.3 Å². The van der Waals surface area contributed by atoms with Gasteiger partial charge in [-0.25, -0.2) is 0 Å². The van der Waals surface area contributed by atoms with Crippen LogP contribution < -0.4 is 10.2 Å². The SMILES string of the molecule is CC1(NC(=O)C2CCCN(c3ccccc3)C2)CCCCC1. The maximum Gasteiger partial charge on any atom is 0.225 e. The summed E-state index contributed by atoms with van der Waals surface area (Å²) in [6.07, 6.45) is 8.20. The van der Waals surface area contributed by atoms with E-state index in [1.807, 2.05) is 6.07 Å². The van der Waals surface area contributed by atoms with Gasteiger partial charge < -0.3 is 10.2 Å². The Hall–Kier alpha value is -1.51. The number of nitrogens with zero attached hydrogens (tertiary/aromatic N) is 1. The zero-order valence-electron chi connectivity index (χ0n) is 13.7. The van der Waals surface area contributed by atoms with Crippen LogP contribution in [0.3, 0.4) is 0 Å². The van der Waals surface area contributed by atoms with E-state index in [9.17, 15) is 4.79 Å². The minimum absolute atomic E-state index is 0.0321. The molecule has 0 bridgehead atoms. The molecule has 2 fully saturated rings. The second-order valence-corrected chi connectivity index (χ2v) is 7.23. The van der Waals surface area contributed by atoms with Crippen LogP contribution in [0.15, 0.2) is 30.3 Å². The van der Waals surface area contributed by atoms with E-state index in [1.165, 1.54) is 24.9 Å². The molecular weight excluding hydrogens is 272 g/mol. The third-order valence-electron chi connectivity index (χ3n) is 5.30. The lowest BCUT2D eigenvalue weighted by molar-refractivity contribution is -0.127. The molecule has 2 aliphatic rings. The Morgan fingerprint density at radius 1 is 1.14 bits per heavy atom. The number of hydrogen-bond acceptors (Lipinski definition) is 2. The molecule has 0 aromatic heterocycles. The van der Waals surface area contributed by atoms with Crippen molar-refractivity contribution >= 4 is 11.6 Å². The quantitative estimate of drug-likeness (QED) is 0.922. The van der Waals surface area contributed by atoms with Crippen molar-refractivity contribution in [1.82, 2.24) is 5.32 Å². The van der Waals surface area contributed by atoms with Gasteiger partial charge >= 0.3 is 0 Å². The Morgan fingerprint density at radius 2 is 1.86 bits per heavy atom. The van der Waals surface area contributed by atoms with Gasteiger partial charge in [0.2, 0.25) is 5.91 Å². The third-order valence-corrected chi connectivity index (χ3v) is 5.30. The summed E-state index contributed by atoms with van der Waals surface area (Å²) in [6.45, 7) is 4.14. The van der Waals surface area contributed by atoms with E-state index >= 15 is 0 Å². The number of rotatable bonds is 3. The number of para-hydroxylation sites is 1. The predicted octanol–water partition coefficient (Wildman–Crippen LogP) is 3.74. The van der Waals surface area contributed by atoms with Crippen LogP contribution >= 0.6 is 0 Å². The molecule has 1 amide bonds. The number of carbonyl (C=O) groups excluding carboxylic acids is 1. The molecule has 0 spiro atoms. The molecule has 3 nitrogen and oxygen atoms in total. The van der Waals surface area contributed by atoms with Gasteiger partial charge in [0.15, 0.2) is 0 Å². The molecule has 1 aromatic carbocycles. The fraction of sp³-hybridized carbons (Fsp3) is 0.632. The molecule has 1 saturated carbocycles. The van der Waals surface area contributed by atoms with Gasteiger partial charge in [-0.15, -0.1) is 0 Å². The van der Waals surface area contributed by atoms with Gasteiger partial charge in [0.1, 0.15) is 0 Å². The van der Waals surface area contributed by atoms with Gasteiger partial charge in [0.05, 0.1) is 5.92 Å². The monoisotopic (exact) mass is 300 g/mol. The summed E-state index contributed by atoms with van der Waals surface area (Å²) in [5.41, 5.74) is 1.27. The summed E-state index contributed by atoms with van der Waals surface area (Å²) >= 11 is 0. The van der Waals surface area contributed by atoms with Crippen molar-refractivity contribution in [3.63, 3.8) is 0 Å². The summed E-state index contributed by atoms with van der Waals surface area (Å²) < 4.78 is 0. The van der Waals surface area contributed by atoms with E-state index in [4.69, 9.17) is 0 Å². The van der Waals surface area contributed by atoms with Crippen molar-refractivity contribution in [2.45, 2.75) is 57.4 Å². The normalized spacial score (nSPS) is 24.8. The molecule has 1 heterocycles. The zero-order valence-corrected chi connectivity index (χ0v) is 13.7. The van der Waals surface area contributed by atoms with Crippen LogP contribution in [-0.4, -0.2) is 24.5 Å². The van der Waals surface area contributed by atoms with E-state index in [1.54, 1.807) is 0 Å². The van der Waals surface area contributed by atoms with Crippen molar-refractivity contribution in [3.05, 3.63) is 30.3 Å². The lowest BCUT2D eigenvalue weighted by Gasteiger charge is -2.38. The number of hydrogen-bond donors (Lipinski definition) is 1. The third kappa shape index (κ3) is 3.63. The second-order valence-electron chi connectivity index (χ2n) is 7.23. The molecule has 22 heavy (non-hydrogen) atoms. The lowest BCUT2D eigenvalue weighted by atomic mass is 9.82. The molecule has 1 aromatic rings. The number of anilines is 1. The van der Waals surface area contributed by atoms with Crippen LogP contribution in [0.25, 0.3) is 0 Å². The average molecular weight is 300 g/mol. The van der Waals surface area contributed by atoms with Crippen molar-refractivity contribution < 1.29 is 4.79 Å². The Morgan fingerprint density at radius 3 is 2.59 bits per heavy atom. The Kier molecular flexibility index (Phi) is 4.70. The second kappa shape index (κ2) is 6.72. The number of nitrogens with one attached hydrogen (secondary N) is 1. The fourth-order valence-corrected chi connectivity index (χ4v) is 3.92. The first-order valence-corrected chi connectivity index (χ1v) is 8.78. The molecule has 1 N–H and O–H groups in total. The summed E-state index contributed by atoms with van der Waals surface area (Å²) in [5.74, 6) is 0.401. The lowest BCUT2D eigenvalue weighted by Crippen LogP contribution is -2.52. The summed E-state index contributed by atoms with van der Waals surface area (Å²) in [5, 5.41) is 3.37. The van der Waals surface area contributed by atoms with Crippen molar-refractivity contribution in [2.24, 2.45) is 5.92 Å². The maximum absolute atomic E-state index is 12.7. The van der Waals surface area contributed by atoms with Gasteiger partial charge in [0.25, 0.3) is 0 Å². The first-order valence-electron chi connectivity index (χ1n) is 8.78. The topological polar surface area (TPSA) is 32.3 Å². The summed E-state index contributed by atoms with van der Waals surface area (Å²) in [4.78, 5) is 15.1. The Bertz CT molecular complexity index is 493. The van der Waals surface area contributed by atoms with E-state index in [0.29, 0.717) is 0 Å². The van der Waals surface area contributed by atoms with Crippen LogP contribution in [0.2, 0.25) is 0 Å². The molecule has 1 aliphatic heterocycles. The molecule has 3 rings (SSSR count). The van der Waals surface area contributed by atoms with Crippen LogP contribution in [0, 0.1) is 5.92 Å². The summed E-state index contributed by atoms with van der Waals surface area (Å²) in [7, 11) is 0. The van der Waals surface area contributed by atoms with Crippen LogP contribution in [0.5, 0.6) is 0 Å². The Labute approximate surface area is 134 Å². The van der Waals surface area contributed by atoms with E-state index < -0.39 is 0 Å². The van der Waals surface area contributed by atoms with Crippen molar-refractivity contribution in [1.29, 1.82) is 0 Å². The molecule has 1 saturated heterocycles. The number of amides is 1. The highest BCUT2D eigenvalue weighted by Gasteiger charge is 2.33. The molecule has 1 atom stereocenters. The summed E-state index contributed by atoms with van der Waals surface area (Å²) in [6, 6.07) is 10.5. The molecular formula is C19H28N2O. The molecule has 120 valence electrons. The van der Waals surface area contributed by atoms with Gasteiger partial charge in [-0.3, -0.25) is 4.79 Å². The van der Waals surface area contributed by atoms with Crippen LogP contribution in [-0.2, 0) is 4.79 Å². The molecule has 1 unspecified atom stereocenters. The average Bonchev–Trinajstić information content (AvgIpc) is 2.56. The predicted molar refractivity (Wildman–Crippen MR) is 91.0 cm³/mol. The zero-order chi connectivity index (χ0) is 15.4. The highest BCUT2D eigenvalue weighted by atomic mass is 16.2. The highest BCUT2D eigenvalue weighted by molar-refractivity contribution is 5.80. The number of piperidine rings is 1.